The number of rotatable bonds is 6. The standard InChI is InChI=1S/C20H20N2O3/c1-3-24-19-7-5-4-6-17(19)22-20(23)14(12-21)11-15-8-9-18(25-15)16-10-13(16)2/h4-9,11,13,16H,3,10H2,1-2H3,(H,22,23)/b14-11+/t13-,16-/m0/s1. The van der Waals surface area contributed by atoms with Gasteiger partial charge in [-0.25, -0.2) is 0 Å². The number of amides is 1. The molecule has 1 saturated carbocycles. The monoisotopic (exact) mass is 336 g/mol. The van der Waals surface area contributed by atoms with Gasteiger partial charge in [-0.2, -0.15) is 5.26 Å². The second-order valence-electron chi connectivity index (χ2n) is 6.11. The molecule has 1 aromatic heterocycles. The molecule has 1 heterocycles. The fourth-order valence-electron chi connectivity index (χ4n) is 2.70. The highest BCUT2D eigenvalue weighted by Crippen LogP contribution is 2.47. The molecule has 25 heavy (non-hydrogen) atoms. The molecule has 5 heteroatoms. The van der Waals surface area contributed by atoms with E-state index in [1.165, 1.54) is 6.08 Å². The van der Waals surface area contributed by atoms with Crippen molar-refractivity contribution in [3.8, 4) is 11.8 Å². The van der Waals surface area contributed by atoms with E-state index in [1.54, 1.807) is 24.3 Å². The maximum absolute atomic E-state index is 12.4. The van der Waals surface area contributed by atoms with Crippen LogP contribution in [0.5, 0.6) is 5.75 Å². The van der Waals surface area contributed by atoms with Gasteiger partial charge in [-0.05, 0) is 43.5 Å². The number of hydrogen-bond acceptors (Lipinski definition) is 4. The third-order valence-corrected chi connectivity index (χ3v) is 4.21. The van der Waals surface area contributed by atoms with Gasteiger partial charge in [0.05, 0.1) is 12.3 Å². The maximum Gasteiger partial charge on any atom is 0.266 e. The zero-order valence-electron chi connectivity index (χ0n) is 14.3. The first kappa shape index (κ1) is 16.8. The molecule has 5 nitrogen and oxygen atoms in total. The van der Waals surface area contributed by atoms with Crippen molar-refractivity contribution in [2.45, 2.75) is 26.2 Å². The number of nitrogens with zero attached hydrogens (tertiary/aromatic N) is 1. The van der Waals surface area contributed by atoms with Gasteiger partial charge in [0, 0.05) is 12.0 Å². The Balaban J connectivity index is 1.75. The van der Waals surface area contributed by atoms with Gasteiger partial charge in [0.15, 0.2) is 0 Å². The lowest BCUT2D eigenvalue weighted by Crippen LogP contribution is -2.14. The van der Waals surface area contributed by atoms with Crippen molar-refractivity contribution in [2.24, 2.45) is 5.92 Å². The minimum atomic E-state index is -0.493. The number of carbonyl (C=O) groups is 1. The lowest BCUT2D eigenvalue weighted by Gasteiger charge is -2.10. The smallest absolute Gasteiger partial charge is 0.266 e. The van der Waals surface area contributed by atoms with E-state index in [1.807, 2.05) is 25.1 Å². The summed E-state index contributed by atoms with van der Waals surface area (Å²) in [6.45, 7) is 4.53. The molecule has 1 amide bonds. The van der Waals surface area contributed by atoms with Gasteiger partial charge >= 0.3 is 0 Å². The second kappa shape index (κ2) is 7.27. The predicted octanol–water partition coefficient (Wildman–Crippen LogP) is 4.35. The van der Waals surface area contributed by atoms with Crippen molar-refractivity contribution in [3.05, 3.63) is 53.5 Å². The summed E-state index contributed by atoms with van der Waals surface area (Å²) in [6.07, 6.45) is 2.59. The van der Waals surface area contributed by atoms with Crippen molar-refractivity contribution in [1.29, 1.82) is 5.26 Å². The second-order valence-corrected chi connectivity index (χ2v) is 6.11. The molecule has 1 aliphatic rings. The van der Waals surface area contributed by atoms with Gasteiger partial charge in [0.2, 0.25) is 0 Å². The molecular formula is C20H20N2O3. The molecule has 2 aromatic rings. The summed E-state index contributed by atoms with van der Waals surface area (Å²) in [6, 6.07) is 12.8. The fourth-order valence-corrected chi connectivity index (χ4v) is 2.70. The summed E-state index contributed by atoms with van der Waals surface area (Å²) >= 11 is 0. The Morgan fingerprint density at radius 3 is 2.84 bits per heavy atom. The molecule has 1 fully saturated rings. The van der Waals surface area contributed by atoms with Crippen LogP contribution in [0.25, 0.3) is 6.08 Å². The van der Waals surface area contributed by atoms with Crippen LogP contribution in [0, 0.1) is 17.2 Å². The average Bonchev–Trinajstić information content (AvgIpc) is 3.16. The lowest BCUT2D eigenvalue weighted by atomic mass is 10.2. The molecule has 3 rings (SSSR count). The molecule has 0 spiro atoms. The average molecular weight is 336 g/mol. The molecule has 0 radical (unpaired) electrons. The molecule has 0 unspecified atom stereocenters. The van der Waals surface area contributed by atoms with E-state index < -0.39 is 5.91 Å². The van der Waals surface area contributed by atoms with E-state index in [4.69, 9.17) is 9.15 Å². The van der Waals surface area contributed by atoms with Crippen LogP contribution in [0.15, 0.2) is 46.4 Å². The normalized spacial score (nSPS) is 19.2. The molecule has 0 aliphatic heterocycles. The number of hydrogen-bond donors (Lipinski definition) is 1. The van der Waals surface area contributed by atoms with Crippen LogP contribution in [-0.4, -0.2) is 12.5 Å². The van der Waals surface area contributed by atoms with Crippen molar-refractivity contribution in [3.63, 3.8) is 0 Å². The fraction of sp³-hybridized carbons (Fsp3) is 0.300. The number of furan rings is 1. The van der Waals surface area contributed by atoms with Crippen LogP contribution in [-0.2, 0) is 4.79 Å². The maximum atomic E-state index is 12.4. The Morgan fingerprint density at radius 1 is 1.40 bits per heavy atom. The minimum Gasteiger partial charge on any atom is -0.492 e. The lowest BCUT2D eigenvalue weighted by molar-refractivity contribution is -0.112. The summed E-state index contributed by atoms with van der Waals surface area (Å²) < 4.78 is 11.2. The van der Waals surface area contributed by atoms with Crippen molar-refractivity contribution < 1.29 is 13.9 Å². The Morgan fingerprint density at radius 2 is 2.16 bits per heavy atom. The Kier molecular flexibility index (Phi) is 4.90. The number of benzene rings is 1. The van der Waals surface area contributed by atoms with E-state index in [0.29, 0.717) is 35.6 Å². The van der Waals surface area contributed by atoms with Crippen LogP contribution in [0.4, 0.5) is 5.69 Å². The third kappa shape index (κ3) is 3.92. The molecule has 1 aromatic carbocycles. The number of ether oxygens (including phenoxy) is 1. The Labute approximate surface area is 146 Å². The summed E-state index contributed by atoms with van der Waals surface area (Å²) in [5.41, 5.74) is 0.512. The van der Waals surface area contributed by atoms with Crippen LogP contribution < -0.4 is 10.1 Å². The quantitative estimate of drug-likeness (QED) is 0.628. The van der Waals surface area contributed by atoms with Gasteiger partial charge in [0.1, 0.15) is 28.9 Å². The molecule has 1 aliphatic carbocycles. The van der Waals surface area contributed by atoms with E-state index in [2.05, 4.69) is 12.2 Å². The highest BCUT2D eigenvalue weighted by atomic mass is 16.5. The SMILES string of the molecule is CCOc1ccccc1NC(=O)/C(C#N)=C/c1ccc([C@H]2C[C@@H]2C)o1. The largest absolute Gasteiger partial charge is 0.492 e. The van der Waals surface area contributed by atoms with E-state index in [0.717, 1.165) is 12.2 Å². The van der Waals surface area contributed by atoms with E-state index in [-0.39, 0.29) is 5.57 Å². The van der Waals surface area contributed by atoms with Gasteiger partial charge in [-0.3, -0.25) is 4.79 Å². The predicted molar refractivity (Wildman–Crippen MR) is 95.1 cm³/mol. The number of anilines is 1. The molecule has 1 N–H and O–H groups in total. The summed E-state index contributed by atoms with van der Waals surface area (Å²) in [5.74, 6) is 2.60. The van der Waals surface area contributed by atoms with Gasteiger partial charge in [-0.1, -0.05) is 19.1 Å². The summed E-state index contributed by atoms with van der Waals surface area (Å²) in [7, 11) is 0. The molecule has 0 saturated heterocycles. The topological polar surface area (TPSA) is 75.3 Å². The van der Waals surface area contributed by atoms with Crippen molar-refractivity contribution in [1.82, 2.24) is 0 Å². The first-order valence-corrected chi connectivity index (χ1v) is 8.37. The number of para-hydroxylation sites is 2. The zero-order valence-corrected chi connectivity index (χ0v) is 14.3. The van der Waals surface area contributed by atoms with Crippen LogP contribution >= 0.6 is 0 Å². The first-order chi connectivity index (χ1) is 12.1. The number of nitriles is 1. The van der Waals surface area contributed by atoms with Gasteiger partial charge in [0.25, 0.3) is 5.91 Å². The molecule has 2 atom stereocenters. The van der Waals surface area contributed by atoms with Gasteiger partial charge < -0.3 is 14.5 Å². The Bertz CT molecular complexity index is 845. The minimum absolute atomic E-state index is 0.0175. The third-order valence-electron chi connectivity index (χ3n) is 4.21. The molecule has 0 bridgehead atoms. The van der Waals surface area contributed by atoms with Crippen molar-refractivity contribution >= 4 is 17.7 Å². The zero-order chi connectivity index (χ0) is 17.8. The molecule has 128 valence electrons. The highest BCUT2D eigenvalue weighted by molar-refractivity contribution is 6.10. The number of nitrogens with one attached hydrogen (secondary N) is 1. The van der Waals surface area contributed by atoms with E-state index >= 15 is 0 Å². The first-order valence-electron chi connectivity index (χ1n) is 8.37. The summed E-state index contributed by atoms with van der Waals surface area (Å²) in [4.78, 5) is 12.4. The van der Waals surface area contributed by atoms with Crippen LogP contribution in [0.2, 0.25) is 0 Å². The van der Waals surface area contributed by atoms with Crippen molar-refractivity contribution in [2.75, 3.05) is 11.9 Å². The van der Waals surface area contributed by atoms with Crippen LogP contribution in [0.3, 0.4) is 0 Å². The summed E-state index contributed by atoms with van der Waals surface area (Å²) in [5, 5.41) is 12.0. The molecular weight excluding hydrogens is 316 g/mol. The highest BCUT2D eigenvalue weighted by Gasteiger charge is 2.36. The number of carbonyl (C=O) groups excluding carboxylic acids is 1. The Hall–Kier alpha value is -3.00. The van der Waals surface area contributed by atoms with E-state index in [9.17, 15) is 10.1 Å². The van der Waals surface area contributed by atoms with Gasteiger partial charge in [-0.15, -0.1) is 0 Å². The van der Waals surface area contributed by atoms with Crippen LogP contribution in [0.1, 0.15) is 37.7 Å².